The highest BCUT2D eigenvalue weighted by atomic mass is 31.2. The monoisotopic (exact) mass is 169 g/mol. The van der Waals surface area contributed by atoms with Crippen LogP contribution in [0.1, 0.15) is 0 Å². The van der Waals surface area contributed by atoms with Gasteiger partial charge in [0.1, 0.15) is 0 Å². The first-order chi connectivity index (χ1) is 4.56. The van der Waals surface area contributed by atoms with Gasteiger partial charge in [0.2, 0.25) is 0 Å². The van der Waals surface area contributed by atoms with Gasteiger partial charge in [-0.25, -0.2) is 0 Å². The molecule has 0 heterocycles. The lowest BCUT2D eigenvalue weighted by Crippen LogP contribution is -2.21. The van der Waals surface area contributed by atoms with E-state index >= 15 is 0 Å². The van der Waals surface area contributed by atoms with Crippen LogP contribution in [0.15, 0.2) is 0 Å². The molecule has 0 aromatic carbocycles. The van der Waals surface area contributed by atoms with Crippen molar-refractivity contribution in [2.45, 2.75) is 0 Å². The van der Waals surface area contributed by atoms with Gasteiger partial charge in [0.15, 0.2) is 0 Å². The van der Waals surface area contributed by atoms with Crippen LogP contribution in [0.5, 0.6) is 0 Å². The molecule has 0 aliphatic carbocycles. The van der Waals surface area contributed by atoms with Gasteiger partial charge in [-0.2, -0.15) is 0 Å². The maximum absolute atomic E-state index is 10.2. The zero-order chi connectivity index (χ0) is 8.04. The van der Waals surface area contributed by atoms with Crippen LogP contribution >= 0.6 is 7.60 Å². The summed E-state index contributed by atoms with van der Waals surface area (Å²) in [4.78, 5) is 16.7. The summed E-state index contributed by atoms with van der Waals surface area (Å²) in [5.74, 6) is 0. The second-order valence-corrected chi connectivity index (χ2v) is 3.64. The number of rotatable bonds is 5. The summed E-state index contributed by atoms with van der Waals surface area (Å²) in [6, 6.07) is 0. The van der Waals surface area contributed by atoms with Crippen molar-refractivity contribution in [3.8, 4) is 0 Å². The molecule has 0 fully saturated rings. The zero-order valence-corrected chi connectivity index (χ0v) is 6.42. The molecular formula is C4H12NO4P. The molecule has 0 rings (SSSR count). The number of hydrogen-bond acceptors (Lipinski definition) is 3. The predicted molar refractivity (Wildman–Crippen MR) is 36.9 cm³/mol. The Bertz CT molecular complexity index is 122. The van der Waals surface area contributed by atoms with Crippen molar-refractivity contribution in [3.05, 3.63) is 0 Å². The fourth-order valence-electron chi connectivity index (χ4n) is 0.429. The summed E-state index contributed by atoms with van der Waals surface area (Å²) in [7, 11) is -3.85. The van der Waals surface area contributed by atoms with Crippen LogP contribution in [0, 0.1) is 0 Å². The van der Waals surface area contributed by atoms with E-state index in [1.807, 2.05) is 0 Å². The fourth-order valence-corrected chi connectivity index (χ4v) is 0.878. The molecule has 0 saturated heterocycles. The van der Waals surface area contributed by atoms with Crippen molar-refractivity contribution in [3.63, 3.8) is 0 Å². The summed E-state index contributed by atoms with van der Waals surface area (Å²) in [6.07, 6.45) is -0.174. The van der Waals surface area contributed by atoms with E-state index in [1.165, 1.54) is 0 Å². The van der Waals surface area contributed by atoms with Crippen molar-refractivity contribution >= 4 is 7.60 Å². The second-order valence-electron chi connectivity index (χ2n) is 1.86. The normalized spacial score (nSPS) is 11.9. The van der Waals surface area contributed by atoms with Crippen LogP contribution in [-0.2, 0) is 4.57 Å². The third kappa shape index (κ3) is 8.07. The quantitative estimate of drug-likeness (QED) is 0.305. The van der Waals surface area contributed by atoms with Crippen LogP contribution in [-0.4, -0.2) is 40.8 Å². The molecule has 0 spiro atoms. The lowest BCUT2D eigenvalue weighted by atomic mass is 10.6. The van der Waals surface area contributed by atoms with E-state index in [0.29, 0.717) is 6.54 Å². The van der Waals surface area contributed by atoms with E-state index in [2.05, 4.69) is 5.32 Å². The van der Waals surface area contributed by atoms with Crippen LogP contribution in [0.25, 0.3) is 0 Å². The Morgan fingerprint density at radius 1 is 1.30 bits per heavy atom. The summed E-state index contributed by atoms with van der Waals surface area (Å²) < 4.78 is 10.2. The lowest BCUT2D eigenvalue weighted by molar-refractivity contribution is 0.292. The Labute approximate surface area is 59.2 Å². The first kappa shape index (κ1) is 10.1. The molecule has 0 atom stereocenters. The molecular weight excluding hydrogens is 157 g/mol. The van der Waals surface area contributed by atoms with Gasteiger partial charge in [0.05, 0.1) is 12.8 Å². The highest BCUT2D eigenvalue weighted by Crippen LogP contribution is 2.32. The van der Waals surface area contributed by atoms with Crippen molar-refractivity contribution in [2.75, 3.05) is 25.9 Å². The Morgan fingerprint density at radius 3 is 2.30 bits per heavy atom. The summed E-state index contributed by atoms with van der Waals surface area (Å²) in [6.45, 7) is 0.603. The van der Waals surface area contributed by atoms with Crippen molar-refractivity contribution < 1.29 is 19.5 Å². The molecule has 0 aliphatic heterocycles. The van der Waals surface area contributed by atoms with Gasteiger partial charge in [-0.05, 0) is 0 Å². The summed E-state index contributed by atoms with van der Waals surface area (Å²) in [5.41, 5.74) is 0. The SMILES string of the molecule is O=P(O)(O)CCNCCO. The maximum Gasteiger partial charge on any atom is 0.326 e. The number of nitrogens with one attached hydrogen (secondary N) is 1. The standard InChI is InChI=1S/C4H12NO4P/c6-3-1-5-2-4-10(7,8)9/h5-6H,1-4H2,(H2,7,8,9). The van der Waals surface area contributed by atoms with Crippen LogP contribution in [0.4, 0.5) is 0 Å². The zero-order valence-electron chi connectivity index (χ0n) is 5.53. The number of aliphatic hydroxyl groups is 1. The average Bonchev–Trinajstić information content (AvgIpc) is 1.78. The number of aliphatic hydroxyl groups excluding tert-OH is 1. The van der Waals surface area contributed by atoms with Gasteiger partial charge in [-0.3, -0.25) is 4.57 Å². The molecule has 0 saturated carbocycles. The van der Waals surface area contributed by atoms with Gasteiger partial charge < -0.3 is 20.2 Å². The molecule has 0 aromatic heterocycles. The van der Waals surface area contributed by atoms with Gasteiger partial charge in [-0.1, -0.05) is 0 Å². The highest BCUT2D eigenvalue weighted by molar-refractivity contribution is 7.51. The lowest BCUT2D eigenvalue weighted by Gasteiger charge is -2.03. The van der Waals surface area contributed by atoms with Crippen molar-refractivity contribution in [1.82, 2.24) is 5.32 Å². The summed E-state index contributed by atoms with van der Waals surface area (Å²) >= 11 is 0. The minimum absolute atomic E-state index is 0.0127. The second kappa shape index (κ2) is 4.82. The minimum Gasteiger partial charge on any atom is -0.395 e. The third-order valence-electron chi connectivity index (χ3n) is 0.868. The molecule has 0 unspecified atom stereocenters. The van der Waals surface area contributed by atoms with E-state index < -0.39 is 7.60 Å². The van der Waals surface area contributed by atoms with Crippen molar-refractivity contribution in [2.24, 2.45) is 0 Å². The summed E-state index contributed by atoms with van der Waals surface area (Å²) in [5, 5.41) is 10.9. The van der Waals surface area contributed by atoms with Crippen LogP contribution in [0.3, 0.4) is 0 Å². The minimum atomic E-state index is -3.85. The molecule has 10 heavy (non-hydrogen) atoms. The van der Waals surface area contributed by atoms with Gasteiger partial charge >= 0.3 is 7.60 Å². The largest absolute Gasteiger partial charge is 0.395 e. The maximum atomic E-state index is 10.2. The first-order valence-corrected chi connectivity index (χ1v) is 4.72. The first-order valence-electron chi connectivity index (χ1n) is 2.92. The third-order valence-corrected chi connectivity index (χ3v) is 1.67. The van der Waals surface area contributed by atoms with E-state index in [1.54, 1.807) is 0 Å². The molecule has 0 bridgehead atoms. The molecule has 5 nitrogen and oxygen atoms in total. The van der Waals surface area contributed by atoms with Crippen molar-refractivity contribution in [1.29, 1.82) is 0 Å². The van der Waals surface area contributed by atoms with E-state index in [-0.39, 0.29) is 19.3 Å². The Balaban J connectivity index is 3.13. The topological polar surface area (TPSA) is 89.8 Å². The average molecular weight is 169 g/mol. The molecule has 0 aliphatic rings. The molecule has 0 aromatic rings. The smallest absolute Gasteiger partial charge is 0.326 e. The highest BCUT2D eigenvalue weighted by Gasteiger charge is 2.10. The Hall–Kier alpha value is 0.0700. The van der Waals surface area contributed by atoms with Crippen LogP contribution < -0.4 is 5.32 Å². The fraction of sp³-hybridized carbons (Fsp3) is 1.00. The van der Waals surface area contributed by atoms with Gasteiger partial charge in [0, 0.05) is 13.1 Å². The Kier molecular flexibility index (Phi) is 4.85. The molecule has 4 N–H and O–H groups in total. The van der Waals surface area contributed by atoms with E-state index in [0.717, 1.165) is 0 Å². The molecule has 62 valence electrons. The van der Waals surface area contributed by atoms with Gasteiger partial charge in [-0.15, -0.1) is 0 Å². The van der Waals surface area contributed by atoms with Crippen LogP contribution in [0.2, 0.25) is 0 Å². The molecule has 0 radical (unpaired) electrons. The predicted octanol–water partition coefficient (Wildman–Crippen LogP) is -1.25. The molecule has 0 amide bonds. The van der Waals surface area contributed by atoms with E-state index in [9.17, 15) is 4.57 Å². The Morgan fingerprint density at radius 2 is 1.90 bits per heavy atom. The number of hydrogen-bond donors (Lipinski definition) is 4. The molecule has 6 heteroatoms. The van der Waals surface area contributed by atoms with Gasteiger partial charge in [0.25, 0.3) is 0 Å². The van der Waals surface area contributed by atoms with E-state index in [4.69, 9.17) is 14.9 Å².